The average Bonchev–Trinajstić information content (AvgIpc) is 2.25. The maximum Gasteiger partial charge on any atom is 0.419 e. The summed E-state index contributed by atoms with van der Waals surface area (Å²) in [5.41, 5.74) is -0.427. The number of methoxy groups -OCH3 is 1. The van der Waals surface area contributed by atoms with Gasteiger partial charge < -0.3 is 4.74 Å². The van der Waals surface area contributed by atoms with Crippen molar-refractivity contribution in [3.8, 4) is 5.75 Å². The molecule has 0 unspecified atom stereocenters. The number of alkyl halides is 4. The van der Waals surface area contributed by atoms with Gasteiger partial charge in [0.15, 0.2) is 5.78 Å². The minimum atomic E-state index is -4.54. The molecule has 1 aromatic carbocycles. The highest BCUT2D eigenvalue weighted by Crippen LogP contribution is 2.37. The number of benzene rings is 1. The molecule has 0 aliphatic rings. The molecular formula is C11H10BrF3O2. The first-order chi connectivity index (χ1) is 7.81. The maximum atomic E-state index is 12.7. The molecule has 1 aromatic rings. The summed E-state index contributed by atoms with van der Waals surface area (Å²) in [6.07, 6.45) is -4.54. The van der Waals surface area contributed by atoms with Crippen LogP contribution < -0.4 is 4.74 Å². The number of carbonyl (C=O) groups is 1. The summed E-state index contributed by atoms with van der Waals surface area (Å²) >= 11 is 2.93. The zero-order valence-electron chi connectivity index (χ0n) is 9.19. The van der Waals surface area contributed by atoms with E-state index in [0.717, 1.165) is 13.2 Å². The second kappa shape index (κ2) is 5.08. The third-order valence-electron chi connectivity index (χ3n) is 2.27. The van der Waals surface area contributed by atoms with Crippen LogP contribution in [0.1, 0.15) is 21.5 Å². The van der Waals surface area contributed by atoms with Gasteiger partial charge in [0.05, 0.1) is 18.0 Å². The summed E-state index contributed by atoms with van der Waals surface area (Å²) in [7, 11) is 1.16. The van der Waals surface area contributed by atoms with Gasteiger partial charge in [-0.05, 0) is 24.6 Å². The van der Waals surface area contributed by atoms with Crippen molar-refractivity contribution in [2.45, 2.75) is 13.1 Å². The van der Waals surface area contributed by atoms with E-state index in [2.05, 4.69) is 20.7 Å². The second-order valence-electron chi connectivity index (χ2n) is 3.42. The summed E-state index contributed by atoms with van der Waals surface area (Å²) in [6.45, 7) is 1.57. The number of hydrogen-bond acceptors (Lipinski definition) is 2. The lowest BCUT2D eigenvalue weighted by atomic mass is 10.0. The largest absolute Gasteiger partial charge is 0.496 e. The molecule has 0 saturated heterocycles. The number of ether oxygens (including phenoxy) is 1. The monoisotopic (exact) mass is 310 g/mol. The van der Waals surface area contributed by atoms with Crippen molar-refractivity contribution in [3.05, 3.63) is 28.8 Å². The number of rotatable bonds is 3. The van der Waals surface area contributed by atoms with Crippen molar-refractivity contribution < 1.29 is 22.7 Å². The topological polar surface area (TPSA) is 26.3 Å². The van der Waals surface area contributed by atoms with Gasteiger partial charge in [0.2, 0.25) is 0 Å². The van der Waals surface area contributed by atoms with Gasteiger partial charge >= 0.3 is 6.18 Å². The number of carbonyl (C=O) groups excluding carboxylic acids is 1. The fourth-order valence-corrected chi connectivity index (χ4v) is 1.75. The van der Waals surface area contributed by atoms with E-state index in [0.29, 0.717) is 5.56 Å². The highest BCUT2D eigenvalue weighted by Gasteiger charge is 2.35. The van der Waals surface area contributed by atoms with Crippen LogP contribution in [0.25, 0.3) is 0 Å². The first kappa shape index (κ1) is 14.0. The Kier molecular flexibility index (Phi) is 4.19. The van der Waals surface area contributed by atoms with Gasteiger partial charge in [0, 0.05) is 5.56 Å². The number of ketones is 1. The average molecular weight is 311 g/mol. The molecule has 0 N–H and O–H groups in total. The minimum absolute atomic E-state index is 0.0164. The van der Waals surface area contributed by atoms with Crippen LogP contribution in [0.3, 0.4) is 0 Å². The quantitative estimate of drug-likeness (QED) is 0.630. The van der Waals surface area contributed by atoms with Crippen molar-refractivity contribution in [1.29, 1.82) is 0 Å². The Bertz CT molecular complexity index is 441. The van der Waals surface area contributed by atoms with Crippen LogP contribution in [-0.2, 0) is 6.18 Å². The van der Waals surface area contributed by atoms with E-state index in [9.17, 15) is 18.0 Å². The molecule has 1 rings (SSSR count). The Morgan fingerprint density at radius 1 is 1.41 bits per heavy atom. The predicted octanol–water partition coefficient (Wildman–Crippen LogP) is 3.60. The fourth-order valence-electron chi connectivity index (χ4n) is 1.44. The fraction of sp³-hybridized carbons (Fsp3) is 0.364. The van der Waals surface area contributed by atoms with Crippen LogP contribution in [0.2, 0.25) is 0 Å². The zero-order valence-corrected chi connectivity index (χ0v) is 10.8. The number of halogens is 4. The molecule has 17 heavy (non-hydrogen) atoms. The summed E-state index contributed by atoms with van der Waals surface area (Å²) in [5.74, 6) is -0.670. The summed E-state index contributed by atoms with van der Waals surface area (Å²) in [5, 5.41) is -0.0164. The Morgan fingerprint density at radius 2 is 2.00 bits per heavy atom. The lowest BCUT2D eigenvalue weighted by molar-refractivity contribution is -0.138. The normalized spacial score (nSPS) is 11.4. The van der Waals surface area contributed by atoms with E-state index in [-0.39, 0.29) is 16.6 Å². The molecular weight excluding hydrogens is 301 g/mol. The number of Topliss-reactive ketones (excluding diaryl/α,β-unsaturated/α-hetero) is 1. The van der Waals surface area contributed by atoms with E-state index in [1.807, 2.05) is 0 Å². The van der Waals surface area contributed by atoms with Crippen LogP contribution in [0, 0.1) is 6.92 Å². The minimum Gasteiger partial charge on any atom is -0.496 e. The van der Waals surface area contributed by atoms with E-state index in [1.165, 1.54) is 6.07 Å². The van der Waals surface area contributed by atoms with E-state index < -0.39 is 17.5 Å². The molecule has 0 spiro atoms. The van der Waals surface area contributed by atoms with Crippen molar-refractivity contribution >= 4 is 21.7 Å². The summed E-state index contributed by atoms with van der Waals surface area (Å²) in [4.78, 5) is 11.5. The van der Waals surface area contributed by atoms with Crippen LogP contribution in [-0.4, -0.2) is 18.2 Å². The highest BCUT2D eigenvalue weighted by atomic mass is 79.9. The van der Waals surface area contributed by atoms with Crippen LogP contribution >= 0.6 is 15.9 Å². The van der Waals surface area contributed by atoms with Gasteiger partial charge in [-0.2, -0.15) is 13.2 Å². The molecule has 0 aromatic heterocycles. The zero-order chi connectivity index (χ0) is 13.2. The first-order valence-electron chi connectivity index (χ1n) is 4.66. The Morgan fingerprint density at radius 3 is 2.41 bits per heavy atom. The summed E-state index contributed by atoms with van der Waals surface area (Å²) < 4.78 is 42.8. The second-order valence-corrected chi connectivity index (χ2v) is 3.98. The molecule has 94 valence electrons. The first-order valence-corrected chi connectivity index (χ1v) is 5.78. The van der Waals surface area contributed by atoms with Crippen molar-refractivity contribution in [3.63, 3.8) is 0 Å². The molecule has 0 saturated carbocycles. The van der Waals surface area contributed by atoms with Gasteiger partial charge in [0.25, 0.3) is 0 Å². The van der Waals surface area contributed by atoms with Crippen LogP contribution in [0.5, 0.6) is 5.75 Å². The Hall–Kier alpha value is -1.04. The molecule has 0 atom stereocenters. The van der Waals surface area contributed by atoms with Crippen molar-refractivity contribution in [1.82, 2.24) is 0 Å². The lowest BCUT2D eigenvalue weighted by Crippen LogP contribution is -2.11. The molecule has 0 bridgehead atoms. The third kappa shape index (κ3) is 3.00. The van der Waals surface area contributed by atoms with E-state index in [4.69, 9.17) is 0 Å². The smallest absolute Gasteiger partial charge is 0.419 e. The Balaban J connectivity index is 3.43. The van der Waals surface area contributed by atoms with Gasteiger partial charge in [0.1, 0.15) is 5.75 Å². The molecule has 0 amide bonds. The van der Waals surface area contributed by atoms with Crippen LogP contribution in [0.15, 0.2) is 12.1 Å². The van der Waals surface area contributed by atoms with Crippen molar-refractivity contribution in [2.24, 2.45) is 0 Å². The van der Waals surface area contributed by atoms with Gasteiger partial charge in [-0.15, -0.1) is 0 Å². The molecule has 0 aliphatic heterocycles. The van der Waals surface area contributed by atoms with E-state index in [1.54, 1.807) is 6.92 Å². The van der Waals surface area contributed by atoms with E-state index >= 15 is 0 Å². The van der Waals surface area contributed by atoms with Gasteiger partial charge in [-0.3, -0.25) is 4.79 Å². The molecule has 0 heterocycles. The lowest BCUT2D eigenvalue weighted by Gasteiger charge is -2.14. The molecule has 0 aliphatic carbocycles. The molecule has 0 fully saturated rings. The molecule has 6 heteroatoms. The summed E-state index contributed by atoms with van der Waals surface area (Å²) in [6, 6.07) is 2.05. The molecule has 0 radical (unpaired) electrons. The maximum absolute atomic E-state index is 12.7. The number of hydrogen-bond donors (Lipinski definition) is 0. The number of aryl methyl sites for hydroxylation is 1. The SMILES string of the molecule is COc1cc(C)c(C(=O)CBr)cc1C(F)(F)F. The third-order valence-corrected chi connectivity index (χ3v) is 2.78. The van der Waals surface area contributed by atoms with Crippen LogP contribution in [0.4, 0.5) is 13.2 Å². The van der Waals surface area contributed by atoms with Gasteiger partial charge in [-0.25, -0.2) is 0 Å². The highest BCUT2D eigenvalue weighted by molar-refractivity contribution is 9.09. The van der Waals surface area contributed by atoms with Crippen molar-refractivity contribution in [2.75, 3.05) is 12.4 Å². The predicted molar refractivity (Wildman–Crippen MR) is 60.9 cm³/mol. The Labute approximate surface area is 105 Å². The standard InChI is InChI=1S/C11H10BrF3O2/c1-6-3-10(17-2)8(11(13,14)15)4-7(6)9(16)5-12/h3-4H,5H2,1-2H3. The van der Waals surface area contributed by atoms with Gasteiger partial charge in [-0.1, -0.05) is 15.9 Å². The molecule has 2 nitrogen and oxygen atoms in total.